The Balaban J connectivity index is 2.53. The van der Waals surface area contributed by atoms with Gasteiger partial charge in [-0.25, -0.2) is 0 Å². The third kappa shape index (κ3) is 2.62. The second kappa shape index (κ2) is 3.76. The predicted molar refractivity (Wildman–Crippen MR) is 41.8 cm³/mol. The van der Waals surface area contributed by atoms with Crippen molar-refractivity contribution in [1.29, 1.82) is 0 Å². The molecule has 0 radical (unpaired) electrons. The van der Waals surface area contributed by atoms with Crippen LogP contribution in [0.3, 0.4) is 0 Å². The Kier molecular flexibility index (Phi) is 2.69. The molecule has 0 saturated carbocycles. The van der Waals surface area contributed by atoms with Crippen molar-refractivity contribution in [2.75, 3.05) is 0 Å². The Labute approximate surface area is 70.3 Å². The number of rotatable bonds is 3. The molecule has 0 heterocycles. The van der Waals surface area contributed by atoms with Crippen LogP contribution in [0.5, 0.6) is 5.75 Å². The lowest BCUT2D eigenvalue weighted by Gasteiger charge is -2.04. The first-order valence-corrected chi connectivity index (χ1v) is 3.66. The monoisotopic (exact) mass is 165 g/mol. The van der Waals surface area contributed by atoms with Gasteiger partial charge in [0.1, 0.15) is 0 Å². The van der Waals surface area contributed by atoms with Crippen LogP contribution in [0, 0.1) is 0 Å². The molecule has 0 saturated heterocycles. The molecule has 0 bridgehead atoms. The second-order valence-electron chi connectivity index (χ2n) is 2.54. The lowest BCUT2D eigenvalue weighted by atomic mass is 10.1. The van der Waals surface area contributed by atoms with E-state index in [1.54, 1.807) is 12.1 Å². The Morgan fingerprint density at radius 2 is 1.92 bits per heavy atom. The van der Waals surface area contributed by atoms with Crippen molar-refractivity contribution in [3.63, 3.8) is 0 Å². The van der Waals surface area contributed by atoms with E-state index in [1.165, 1.54) is 12.1 Å². The van der Waals surface area contributed by atoms with Crippen molar-refractivity contribution in [2.24, 2.45) is 0 Å². The van der Waals surface area contributed by atoms with Crippen molar-refractivity contribution >= 4 is 5.97 Å². The molecule has 3 nitrogen and oxygen atoms in total. The Morgan fingerprint density at radius 3 is 2.42 bits per heavy atom. The summed E-state index contributed by atoms with van der Waals surface area (Å²) in [5.41, 5.74) is 0.886. The molecule has 0 amide bonds. The van der Waals surface area contributed by atoms with Crippen LogP contribution >= 0.6 is 0 Å². The van der Waals surface area contributed by atoms with Crippen molar-refractivity contribution in [3.05, 3.63) is 29.8 Å². The summed E-state index contributed by atoms with van der Waals surface area (Å²) in [5.74, 6) is -0.865. The molecule has 0 fully saturated rings. The van der Waals surface area contributed by atoms with Crippen LogP contribution < -0.4 is 5.11 Å². The predicted octanol–water partition coefficient (Wildman–Crippen LogP) is 0.777. The topological polar surface area (TPSA) is 60.4 Å². The molecule has 0 aliphatic heterocycles. The van der Waals surface area contributed by atoms with E-state index in [1.807, 2.05) is 0 Å². The smallest absolute Gasteiger partial charge is 0.303 e. The summed E-state index contributed by atoms with van der Waals surface area (Å²) < 4.78 is 0. The number of carboxylic acids is 1. The van der Waals surface area contributed by atoms with Gasteiger partial charge in [0.15, 0.2) is 0 Å². The molecule has 12 heavy (non-hydrogen) atoms. The van der Waals surface area contributed by atoms with Gasteiger partial charge in [0.2, 0.25) is 0 Å². The maximum Gasteiger partial charge on any atom is 0.303 e. The highest BCUT2D eigenvalue weighted by Gasteiger charge is 1.97. The van der Waals surface area contributed by atoms with E-state index in [-0.39, 0.29) is 12.2 Å². The molecule has 1 aromatic rings. The van der Waals surface area contributed by atoms with Gasteiger partial charge in [-0.1, -0.05) is 24.3 Å². The van der Waals surface area contributed by atoms with Gasteiger partial charge in [-0.2, -0.15) is 0 Å². The van der Waals surface area contributed by atoms with E-state index in [9.17, 15) is 9.90 Å². The molecule has 0 aliphatic rings. The first-order valence-electron chi connectivity index (χ1n) is 3.66. The molecule has 0 aromatic heterocycles. The minimum atomic E-state index is -0.818. The zero-order chi connectivity index (χ0) is 8.97. The number of aryl methyl sites for hydroxylation is 1. The minimum Gasteiger partial charge on any atom is -0.872 e. The van der Waals surface area contributed by atoms with Gasteiger partial charge in [-0.3, -0.25) is 4.79 Å². The van der Waals surface area contributed by atoms with Gasteiger partial charge < -0.3 is 10.2 Å². The van der Waals surface area contributed by atoms with E-state index in [2.05, 4.69) is 0 Å². The van der Waals surface area contributed by atoms with Gasteiger partial charge in [0, 0.05) is 6.42 Å². The number of hydrogen-bond acceptors (Lipinski definition) is 2. The molecule has 0 aliphatic carbocycles. The van der Waals surface area contributed by atoms with Crippen molar-refractivity contribution in [2.45, 2.75) is 12.8 Å². The Hall–Kier alpha value is -1.51. The first-order chi connectivity index (χ1) is 5.68. The van der Waals surface area contributed by atoms with Crippen LogP contribution in [0.4, 0.5) is 0 Å². The summed E-state index contributed by atoms with van der Waals surface area (Å²) in [6.45, 7) is 0. The van der Waals surface area contributed by atoms with Crippen molar-refractivity contribution in [1.82, 2.24) is 0 Å². The average molecular weight is 165 g/mol. The summed E-state index contributed by atoms with van der Waals surface area (Å²) in [5, 5.41) is 19.0. The highest BCUT2D eigenvalue weighted by atomic mass is 16.4. The molecule has 0 unspecified atom stereocenters. The summed E-state index contributed by atoms with van der Waals surface area (Å²) >= 11 is 0. The molecule has 0 spiro atoms. The summed E-state index contributed by atoms with van der Waals surface area (Å²) in [6, 6.07) is 6.20. The summed E-state index contributed by atoms with van der Waals surface area (Å²) in [6.07, 6.45) is 0.591. The molecule has 1 rings (SSSR count). The van der Waals surface area contributed by atoms with Crippen LogP contribution in [0.1, 0.15) is 12.0 Å². The van der Waals surface area contributed by atoms with E-state index in [0.29, 0.717) is 6.42 Å². The van der Waals surface area contributed by atoms with E-state index in [4.69, 9.17) is 5.11 Å². The highest BCUT2D eigenvalue weighted by molar-refractivity contribution is 5.67. The van der Waals surface area contributed by atoms with E-state index < -0.39 is 5.97 Å². The molecule has 0 atom stereocenters. The molecule has 1 N–H and O–H groups in total. The lowest BCUT2D eigenvalue weighted by Crippen LogP contribution is -1.97. The van der Waals surface area contributed by atoms with Crippen LogP contribution in [-0.2, 0) is 11.2 Å². The molecular formula is C9H9O3-. The SMILES string of the molecule is O=C(O)CCc1ccc([O-])cc1. The first kappa shape index (κ1) is 8.59. The summed E-state index contributed by atoms with van der Waals surface area (Å²) in [4.78, 5) is 10.2. The van der Waals surface area contributed by atoms with Gasteiger partial charge in [-0.15, -0.1) is 5.75 Å². The van der Waals surface area contributed by atoms with Gasteiger partial charge >= 0.3 is 5.97 Å². The average Bonchev–Trinajstić information content (AvgIpc) is 2.03. The third-order valence-electron chi connectivity index (χ3n) is 1.55. The van der Waals surface area contributed by atoms with Crippen LogP contribution in [0.2, 0.25) is 0 Å². The number of aliphatic carboxylic acids is 1. The van der Waals surface area contributed by atoms with E-state index >= 15 is 0 Å². The zero-order valence-electron chi connectivity index (χ0n) is 6.49. The number of benzene rings is 1. The zero-order valence-corrected chi connectivity index (χ0v) is 6.49. The van der Waals surface area contributed by atoms with Crippen LogP contribution in [0.25, 0.3) is 0 Å². The largest absolute Gasteiger partial charge is 0.872 e. The van der Waals surface area contributed by atoms with Crippen LogP contribution in [-0.4, -0.2) is 11.1 Å². The van der Waals surface area contributed by atoms with E-state index in [0.717, 1.165) is 5.56 Å². The maximum absolute atomic E-state index is 10.6. The Bertz CT molecular complexity index is 264. The maximum atomic E-state index is 10.6. The van der Waals surface area contributed by atoms with Gasteiger partial charge in [0.25, 0.3) is 0 Å². The van der Waals surface area contributed by atoms with Crippen molar-refractivity contribution in [3.8, 4) is 5.75 Å². The fraction of sp³-hybridized carbons (Fsp3) is 0.222. The molecule has 3 heteroatoms. The number of hydrogen-bond donors (Lipinski definition) is 1. The number of carbonyl (C=O) groups is 1. The molecule has 64 valence electrons. The van der Waals surface area contributed by atoms with Gasteiger partial charge in [0.05, 0.1) is 0 Å². The number of carboxylic acid groups (broad SMARTS) is 1. The van der Waals surface area contributed by atoms with Gasteiger partial charge in [-0.05, 0) is 12.0 Å². The lowest BCUT2D eigenvalue weighted by molar-refractivity contribution is -0.268. The summed E-state index contributed by atoms with van der Waals surface area (Å²) in [7, 11) is 0. The van der Waals surface area contributed by atoms with Crippen LogP contribution in [0.15, 0.2) is 24.3 Å². The molecular weight excluding hydrogens is 156 g/mol. The van der Waals surface area contributed by atoms with Crippen molar-refractivity contribution < 1.29 is 15.0 Å². The highest BCUT2D eigenvalue weighted by Crippen LogP contribution is 2.08. The molecule has 1 aromatic carbocycles. The standard InChI is InChI=1S/C9H10O3/c10-8-4-1-7(2-5-8)3-6-9(11)12/h1-2,4-5,10H,3,6H2,(H,11,12)/p-1. The Morgan fingerprint density at radius 1 is 1.33 bits per heavy atom. The quantitative estimate of drug-likeness (QED) is 0.719. The fourth-order valence-electron chi connectivity index (χ4n) is 0.907. The third-order valence-corrected chi connectivity index (χ3v) is 1.55. The fourth-order valence-corrected chi connectivity index (χ4v) is 0.907. The normalized spacial score (nSPS) is 9.67. The second-order valence-corrected chi connectivity index (χ2v) is 2.54. The minimum absolute atomic E-state index is 0.0472.